The van der Waals surface area contributed by atoms with Crippen LogP contribution in [0.1, 0.15) is 52.6 Å². The Labute approximate surface area is 225 Å². The molecule has 5 aromatic rings. The molecule has 1 aliphatic heterocycles. The van der Waals surface area contributed by atoms with E-state index < -0.39 is 0 Å². The Balaban J connectivity index is 1.42. The Kier molecular flexibility index (Phi) is 6.26. The number of benzene rings is 3. The van der Waals surface area contributed by atoms with E-state index in [1.807, 2.05) is 62.4 Å². The summed E-state index contributed by atoms with van der Waals surface area (Å²) in [5.41, 5.74) is 6.50. The molecule has 6 rings (SSSR count). The molecule has 0 fully saturated rings. The first-order chi connectivity index (χ1) is 19.0. The maximum Gasteiger partial charge on any atom is 0.266 e. The highest BCUT2D eigenvalue weighted by molar-refractivity contribution is 6.10. The fourth-order valence-corrected chi connectivity index (χ4v) is 5.38. The Morgan fingerprint density at radius 3 is 2.72 bits per heavy atom. The first-order valence-corrected chi connectivity index (χ1v) is 13.3. The molecular formula is C30H29N7O2. The number of H-pyrrole nitrogens is 1. The highest BCUT2D eigenvalue weighted by Gasteiger charge is 2.28. The number of amides is 1. The lowest BCUT2D eigenvalue weighted by Gasteiger charge is -2.20. The van der Waals surface area contributed by atoms with Crippen LogP contribution < -0.4 is 10.5 Å². The van der Waals surface area contributed by atoms with E-state index in [-0.39, 0.29) is 11.5 Å². The molecule has 1 N–H and O–H groups in total. The van der Waals surface area contributed by atoms with Crippen molar-refractivity contribution in [1.82, 2.24) is 30.2 Å². The second kappa shape index (κ2) is 9.90. The molecule has 0 bridgehead atoms. The summed E-state index contributed by atoms with van der Waals surface area (Å²) < 4.78 is 1.76. The van der Waals surface area contributed by atoms with E-state index in [1.165, 1.54) is 0 Å². The van der Waals surface area contributed by atoms with E-state index in [0.717, 1.165) is 52.2 Å². The first kappa shape index (κ1) is 24.7. The van der Waals surface area contributed by atoms with Gasteiger partial charge in [0.1, 0.15) is 5.82 Å². The average molecular weight is 520 g/mol. The van der Waals surface area contributed by atoms with Gasteiger partial charge in [-0.2, -0.15) is 5.21 Å². The zero-order valence-electron chi connectivity index (χ0n) is 22.2. The molecule has 9 nitrogen and oxygen atoms in total. The number of hydrogen-bond donors (Lipinski definition) is 1. The van der Waals surface area contributed by atoms with Crippen molar-refractivity contribution >= 4 is 22.5 Å². The van der Waals surface area contributed by atoms with Gasteiger partial charge in [0.15, 0.2) is 0 Å². The monoisotopic (exact) mass is 519 g/mol. The van der Waals surface area contributed by atoms with Crippen molar-refractivity contribution in [3.8, 4) is 17.1 Å². The number of nitrogens with one attached hydrogen (secondary N) is 1. The van der Waals surface area contributed by atoms with Crippen molar-refractivity contribution in [2.24, 2.45) is 0 Å². The molecule has 3 heterocycles. The minimum absolute atomic E-state index is 0.0489. The molecule has 0 saturated carbocycles. The van der Waals surface area contributed by atoms with Gasteiger partial charge in [-0.1, -0.05) is 37.6 Å². The number of carbonyl (C=O) groups is 1. The van der Waals surface area contributed by atoms with Gasteiger partial charge in [0.05, 0.1) is 22.2 Å². The summed E-state index contributed by atoms with van der Waals surface area (Å²) in [7, 11) is 0. The maximum absolute atomic E-state index is 13.9. The molecule has 196 valence electrons. The van der Waals surface area contributed by atoms with E-state index in [2.05, 4.69) is 27.5 Å². The third-order valence-corrected chi connectivity index (χ3v) is 7.60. The largest absolute Gasteiger partial charge is 0.308 e. The predicted molar refractivity (Wildman–Crippen MR) is 150 cm³/mol. The number of anilines is 1. The van der Waals surface area contributed by atoms with Crippen LogP contribution >= 0.6 is 0 Å². The number of nitrogens with zero attached hydrogens (tertiary/aromatic N) is 6. The van der Waals surface area contributed by atoms with Crippen LogP contribution in [0.4, 0.5) is 5.69 Å². The summed E-state index contributed by atoms with van der Waals surface area (Å²) >= 11 is 0. The van der Waals surface area contributed by atoms with Crippen LogP contribution in [0.15, 0.2) is 59.4 Å². The van der Waals surface area contributed by atoms with Crippen LogP contribution in [0.5, 0.6) is 0 Å². The molecular weight excluding hydrogens is 490 g/mol. The van der Waals surface area contributed by atoms with Crippen molar-refractivity contribution < 1.29 is 4.79 Å². The third kappa shape index (κ3) is 4.20. The first-order valence-electron chi connectivity index (χ1n) is 13.3. The number of unbranched alkanes of at least 4 members (excludes halogenated alkanes) is 1. The summed E-state index contributed by atoms with van der Waals surface area (Å²) in [6, 6.07) is 17.1. The Bertz CT molecular complexity index is 1770. The number of fused-ring (bicyclic) bond motifs is 2. The quantitative estimate of drug-likeness (QED) is 0.347. The number of aromatic amines is 1. The Morgan fingerprint density at radius 1 is 1.08 bits per heavy atom. The highest BCUT2D eigenvalue weighted by atomic mass is 16.2. The molecule has 0 radical (unpaired) electrons. The second-order valence-corrected chi connectivity index (χ2v) is 9.97. The summed E-state index contributed by atoms with van der Waals surface area (Å²) in [4.78, 5) is 34.4. The average Bonchev–Trinajstić information content (AvgIpc) is 3.64. The van der Waals surface area contributed by atoms with Gasteiger partial charge >= 0.3 is 0 Å². The highest BCUT2D eigenvalue weighted by Crippen LogP contribution is 2.33. The summed E-state index contributed by atoms with van der Waals surface area (Å²) in [5, 5.41) is 14.9. The van der Waals surface area contributed by atoms with Gasteiger partial charge in [-0.3, -0.25) is 14.2 Å². The predicted octanol–water partition coefficient (Wildman–Crippen LogP) is 4.73. The minimum Gasteiger partial charge on any atom is -0.308 e. The smallest absolute Gasteiger partial charge is 0.266 e. The number of aryl methyl sites for hydroxylation is 3. The summed E-state index contributed by atoms with van der Waals surface area (Å²) in [5.74, 6) is 1.01. The maximum atomic E-state index is 13.9. The fraction of sp³-hybridized carbons (Fsp3) is 0.267. The van der Waals surface area contributed by atoms with Crippen molar-refractivity contribution in [2.75, 3.05) is 11.4 Å². The van der Waals surface area contributed by atoms with Crippen molar-refractivity contribution in [2.45, 2.75) is 46.5 Å². The normalized spacial score (nSPS) is 12.7. The molecule has 3 aromatic carbocycles. The molecule has 0 spiro atoms. The lowest BCUT2D eigenvalue weighted by Crippen LogP contribution is -2.29. The van der Waals surface area contributed by atoms with E-state index >= 15 is 0 Å². The van der Waals surface area contributed by atoms with E-state index in [4.69, 9.17) is 4.98 Å². The van der Waals surface area contributed by atoms with Crippen LogP contribution in [0, 0.1) is 13.8 Å². The summed E-state index contributed by atoms with van der Waals surface area (Å²) in [6.07, 6.45) is 3.35. The molecule has 2 aromatic heterocycles. The Hall–Kier alpha value is -4.66. The van der Waals surface area contributed by atoms with Gasteiger partial charge in [-0.15, -0.1) is 10.2 Å². The molecule has 1 aliphatic rings. The lowest BCUT2D eigenvalue weighted by atomic mass is 10.0. The summed E-state index contributed by atoms with van der Waals surface area (Å²) in [6.45, 7) is 6.68. The molecule has 9 heteroatoms. The van der Waals surface area contributed by atoms with E-state index in [0.29, 0.717) is 41.7 Å². The number of aromatic nitrogens is 6. The van der Waals surface area contributed by atoms with Crippen LogP contribution in [0.25, 0.3) is 28.0 Å². The zero-order chi connectivity index (χ0) is 27.1. The van der Waals surface area contributed by atoms with Crippen molar-refractivity contribution in [3.63, 3.8) is 0 Å². The molecule has 0 aliphatic carbocycles. The van der Waals surface area contributed by atoms with Crippen molar-refractivity contribution in [1.29, 1.82) is 0 Å². The van der Waals surface area contributed by atoms with Crippen LogP contribution in [-0.4, -0.2) is 42.6 Å². The lowest BCUT2D eigenvalue weighted by molar-refractivity contribution is 0.0990. The minimum atomic E-state index is -0.124. The zero-order valence-corrected chi connectivity index (χ0v) is 22.2. The SMILES string of the molecule is CCCCc1nc2ccc(C)c(C)c2c(=O)n1-c1ccc2c(c1)CCN2C(=O)c1ccccc1-c1nn[nH]n1. The van der Waals surface area contributed by atoms with Gasteiger partial charge in [0.2, 0.25) is 5.82 Å². The third-order valence-electron chi connectivity index (χ3n) is 7.60. The van der Waals surface area contributed by atoms with Gasteiger partial charge in [-0.05, 0) is 78.9 Å². The number of carbonyl (C=O) groups excluding carboxylic acids is 1. The number of hydrogen-bond acceptors (Lipinski definition) is 6. The van der Waals surface area contributed by atoms with Crippen LogP contribution in [-0.2, 0) is 12.8 Å². The van der Waals surface area contributed by atoms with Gasteiger partial charge in [0.25, 0.3) is 11.5 Å². The molecule has 0 atom stereocenters. The molecule has 1 amide bonds. The van der Waals surface area contributed by atoms with E-state index in [1.54, 1.807) is 15.5 Å². The van der Waals surface area contributed by atoms with Gasteiger partial charge in [0, 0.05) is 24.2 Å². The Morgan fingerprint density at radius 2 is 1.92 bits per heavy atom. The van der Waals surface area contributed by atoms with Crippen molar-refractivity contribution in [3.05, 3.63) is 93.0 Å². The standard InChI is InChI=1S/C30H29N7O2/c1-4-5-10-26-31-24-13-11-18(2)19(3)27(24)30(39)37(26)21-12-14-25-20(17-21)15-16-36(25)29(38)23-9-7-6-8-22(23)28-32-34-35-33-28/h6-9,11-14,17H,4-5,10,15-16H2,1-3H3,(H,32,33,34,35). The topological polar surface area (TPSA) is 110 Å². The van der Waals surface area contributed by atoms with E-state index in [9.17, 15) is 9.59 Å². The fourth-order valence-electron chi connectivity index (χ4n) is 5.38. The molecule has 0 unspecified atom stereocenters. The van der Waals surface area contributed by atoms with Gasteiger partial charge < -0.3 is 4.90 Å². The van der Waals surface area contributed by atoms with Crippen LogP contribution in [0.3, 0.4) is 0 Å². The molecule has 0 saturated heterocycles. The second-order valence-electron chi connectivity index (χ2n) is 9.97. The number of rotatable bonds is 6. The number of tetrazole rings is 1. The van der Waals surface area contributed by atoms with Crippen LogP contribution in [0.2, 0.25) is 0 Å². The molecule has 39 heavy (non-hydrogen) atoms. The van der Waals surface area contributed by atoms with Gasteiger partial charge in [-0.25, -0.2) is 4.98 Å².